The van der Waals surface area contributed by atoms with Gasteiger partial charge in [-0.3, -0.25) is 14.4 Å². The van der Waals surface area contributed by atoms with Gasteiger partial charge in [-0.15, -0.1) is 0 Å². The molecular formula is C56H98O6. The van der Waals surface area contributed by atoms with E-state index >= 15 is 0 Å². The second-order valence-electron chi connectivity index (χ2n) is 17.4. The Balaban J connectivity index is 4.31. The van der Waals surface area contributed by atoms with Gasteiger partial charge in [-0.1, -0.05) is 216 Å². The van der Waals surface area contributed by atoms with Crippen molar-refractivity contribution in [2.45, 2.75) is 264 Å². The predicted octanol–water partition coefficient (Wildman–Crippen LogP) is 17.3. The Hall–Kier alpha value is -2.89. The number of carbonyl (C=O) groups is 3. The van der Waals surface area contributed by atoms with Gasteiger partial charge in [0, 0.05) is 19.3 Å². The molecule has 6 nitrogen and oxygen atoms in total. The van der Waals surface area contributed by atoms with E-state index in [1.165, 1.54) is 128 Å². The lowest BCUT2D eigenvalue weighted by Crippen LogP contribution is -2.30. The van der Waals surface area contributed by atoms with Crippen LogP contribution in [0.25, 0.3) is 0 Å². The third-order valence-electron chi connectivity index (χ3n) is 11.3. The molecule has 1 atom stereocenters. The first-order valence-electron chi connectivity index (χ1n) is 26.3. The molecule has 0 bridgehead atoms. The Bertz CT molecular complexity index is 1130. The van der Waals surface area contributed by atoms with Crippen LogP contribution in [-0.2, 0) is 28.6 Å². The van der Waals surface area contributed by atoms with Crippen LogP contribution in [0.15, 0.2) is 60.8 Å². The molecule has 0 amide bonds. The van der Waals surface area contributed by atoms with Crippen LogP contribution in [0.1, 0.15) is 258 Å². The molecule has 0 spiro atoms. The number of carbonyl (C=O) groups excluding carboxylic acids is 3. The minimum Gasteiger partial charge on any atom is -0.462 e. The van der Waals surface area contributed by atoms with E-state index in [0.717, 1.165) is 89.9 Å². The van der Waals surface area contributed by atoms with Gasteiger partial charge < -0.3 is 14.2 Å². The zero-order valence-electron chi connectivity index (χ0n) is 40.9. The Kier molecular flexibility index (Phi) is 48.4. The molecule has 358 valence electrons. The number of esters is 3. The highest BCUT2D eigenvalue weighted by molar-refractivity contribution is 5.71. The maximum Gasteiger partial charge on any atom is 0.306 e. The van der Waals surface area contributed by atoms with Gasteiger partial charge in [-0.2, -0.15) is 0 Å². The first-order valence-corrected chi connectivity index (χ1v) is 26.3. The molecule has 0 saturated carbocycles. The van der Waals surface area contributed by atoms with E-state index in [1.807, 2.05) is 0 Å². The fourth-order valence-electron chi connectivity index (χ4n) is 7.31. The van der Waals surface area contributed by atoms with Crippen LogP contribution in [-0.4, -0.2) is 37.2 Å². The Morgan fingerprint density at radius 3 is 1.00 bits per heavy atom. The smallest absolute Gasteiger partial charge is 0.306 e. The van der Waals surface area contributed by atoms with Gasteiger partial charge in [-0.05, 0) is 83.5 Å². The van der Waals surface area contributed by atoms with Crippen LogP contribution in [0.4, 0.5) is 0 Å². The van der Waals surface area contributed by atoms with Crippen molar-refractivity contribution in [1.29, 1.82) is 0 Å². The molecule has 0 aromatic heterocycles. The molecule has 0 N–H and O–H groups in total. The molecule has 0 aromatic carbocycles. The van der Waals surface area contributed by atoms with Gasteiger partial charge in [0.1, 0.15) is 13.2 Å². The quantitative estimate of drug-likeness (QED) is 0.0262. The minimum absolute atomic E-state index is 0.0793. The van der Waals surface area contributed by atoms with Gasteiger partial charge >= 0.3 is 17.9 Å². The number of unbranched alkanes of at least 4 members (excludes halogenated alkanes) is 26. The van der Waals surface area contributed by atoms with Crippen LogP contribution in [0.2, 0.25) is 0 Å². The van der Waals surface area contributed by atoms with Crippen LogP contribution < -0.4 is 0 Å². The summed E-state index contributed by atoms with van der Waals surface area (Å²) in [6, 6.07) is 0. The monoisotopic (exact) mass is 867 g/mol. The van der Waals surface area contributed by atoms with Crippen LogP contribution >= 0.6 is 0 Å². The van der Waals surface area contributed by atoms with E-state index < -0.39 is 6.10 Å². The summed E-state index contributed by atoms with van der Waals surface area (Å²) in [5, 5.41) is 0. The highest BCUT2D eigenvalue weighted by Crippen LogP contribution is 2.15. The van der Waals surface area contributed by atoms with Gasteiger partial charge in [0.05, 0.1) is 0 Å². The summed E-state index contributed by atoms with van der Waals surface area (Å²) in [6.07, 6.45) is 62.1. The Labute approximate surface area is 383 Å². The Morgan fingerprint density at radius 1 is 0.339 bits per heavy atom. The first kappa shape index (κ1) is 59.1. The molecule has 0 aliphatic rings. The zero-order valence-corrected chi connectivity index (χ0v) is 40.9. The molecule has 0 rings (SSSR count). The van der Waals surface area contributed by atoms with Crippen molar-refractivity contribution >= 4 is 17.9 Å². The number of allylic oxidation sites excluding steroid dienone is 10. The average molecular weight is 867 g/mol. The van der Waals surface area contributed by atoms with Crippen molar-refractivity contribution < 1.29 is 28.6 Å². The maximum atomic E-state index is 12.8. The molecule has 1 unspecified atom stereocenters. The largest absolute Gasteiger partial charge is 0.462 e. The van der Waals surface area contributed by atoms with Gasteiger partial charge in [0.25, 0.3) is 0 Å². The molecule has 62 heavy (non-hydrogen) atoms. The number of rotatable bonds is 47. The summed E-state index contributed by atoms with van der Waals surface area (Å²) in [7, 11) is 0. The van der Waals surface area contributed by atoms with Gasteiger partial charge in [-0.25, -0.2) is 0 Å². The maximum absolute atomic E-state index is 12.8. The third kappa shape index (κ3) is 48.1. The molecule has 0 fully saturated rings. The van der Waals surface area contributed by atoms with Crippen LogP contribution in [0.3, 0.4) is 0 Å². The van der Waals surface area contributed by atoms with Crippen molar-refractivity contribution in [3.05, 3.63) is 60.8 Å². The summed E-state index contributed by atoms with van der Waals surface area (Å²) in [5.41, 5.74) is 0. The molecule has 0 heterocycles. The summed E-state index contributed by atoms with van der Waals surface area (Å²) in [4.78, 5) is 37.9. The molecule has 0 saturated heterocycles. The van der Waals surface area contributed by atoms with Gasteiger partial charge in [0.15, 0.2) is 6.10 Å². The lowest BCUT2D eigenvalue weighted by atomic mass is 10.1. The van der Waals surface area contributed by atoms with E-state index in [0.29, 0.717) is 19.3 Å². The normalized spacial score (nSPS) is 12.5. The van der Waals surface area contributed by atoms with Gasteiger partial charge in [0.2, 0.25) is 0 Å². The first-order chi connectivity index (χ1) is 30.5. The molecule has 0 aromatic rings. The van der Waals surface area contributed by atoms with Crippen molar-refractivity contribution in [2.24, 2.45) is 0 Å². The number of hydrogen-bond acceptors (Lipinski definition) is 6. The standard InChI is InChI=1S/C56H98O6/c1-4-7-10-13-16-19-21-23-25-27-28-30-31-33-35-37-40-43-46-49-55(58)61-52-53(51-60-54(57)48-45-42-39-18-15-12-9-6-3)62-56(59)50-47-44-41-38-36-34-32-29-26-24-22-20-17-14-11-8-5-2/h7,10,16,19,23-26,28,30,53H,4-6,8-9,11-15,17-18,20-22,27,29,31-52H2,1-3H3/b10-7-,19-16-,25-23-,26-24-,30-28-. The second kappa shape index (κ2) is 50.8. The van der Waals surface area contributed by atoms with E-state index in [4.69, 9.17) is 14.2 Å². The van der Waals surface area contributed by atoms with E-state index in [-0.39, 0.29) is 31.1 Å². The third-order valence-corrected chi connectivity index (χ3v) is 11.3. The fraction of sp³-hybridized carbons (Fsp3) is 0.768. The summed E-state index contributed by atoms with van der Waals surface area (Å²) >= 11 is 0. The topological polar surface area (TPSA) is 78.9 Å². The zero-order chi connectivity index (χ0) is 45.1. The van der Waals surface area contributed by atoms with Crippen molar-refractivity contribution in [2.75, 3.05) is 13.2 Å². The molecule has 6 heteroatoms. The van der Waals surface area contributed by atoms with Crippen LogP contribution in [0, 0.1) is 0 Å². The molecule has 0 aliphatic heterocycles. The molecular weight excluding hydrogens is 769 g/mol. The van der Waals surface area contributed by atoms with Crippen LogP contribution in [0.5, 0.6) is 0 Å². The predicted molar refractivity (Wildman–Crippen MR) is 265 cm³/mol. The molecule has 0 radical (unpaired) electrons. The lowest BCUT2D eigenvalue weighted by Gasteiger charge is -2.18. The summed E-state index contributed by atoms with van der Waals surface area (Å²) < 4.78 is 16.8. The minimum atomic E-state index is -0.779. The van der Waals surface area contributed by atoms with Crippen molar-refractivity contribution in [3.8, 4) is 0 Å². The number of hydrogen-bond donors (Lipinski definition) is 0. The highest BCUT2D eigenvalue weighted by atomic mass is 16.6. The molecule has 0 aliphatic carbocycles. The summed E-state index contributed by atoms with van der Waals surface area (Å²) in [5.74, 6) is -0.897. The highest BCUT2D eigenvalue weighted by Gasteiger charge is 2.19. The lowest BCUT2D eigenvalue weighted by molar-refractivity contribution is -0.167. The van der Waals surface area contributed by atoms with Crippen molar-refractivity contribution in [1.82, 2.24) is 0 Å². The number of ether oxygens (including phenoxy) is 3. The average Bonchev–Trinajstić information content (AvgIpc) is 3.27. The second-order valence-corrected chi connectivity index (χ2v) is 17.4. The Morgan fingerprint density at radius 2 is 0.629 bits per heavy atom. The van der Waals surface area contributed by atoms with E-state index in [9.17, 15) is 14.4 Å². The summed E-state index contributed by atoms with van der Waals surface area (Å²) in [6.45, 7) is 6.49. The SMILES string of the molecule is CC/C=C\C/C=C\C/C=C\C/C=C\CCCCCCCCC(=O)OCC(COC(=O)CCCCCCCCCC)OC(=O)CCCCCCCCC/C=C\CCCCCCCC. The van der Waals surface area contributed by atoms with Crippen molar-refractivity contribution in [3.63, 3.8) is 0 Å². The van der Waals surface area contributed by atoms with E-state index in [1.54, 1.807) is 0 Å². The van der Waals surface area contributed by atoms with E-state index in [2.05, 4.69) is 81.5 Å². The fourth-order valence-corrected chi connectivity index (χ4v) is 7.31.